The van der Waals surface area contributed by atoms with E-state index in [1.165, 1.54) is 0 Å². The van der Waals surface area contributed by atoms with Gasteiger partial charge in [0, 0.05) is 7.05 Å². The molecule has 0 spiro atoms. The molecule has 0 atom stereocenters. The van der Waals surface area contributed by atoms with Gasteiger partial charge in [0.25, 0.3) is 0 Å². The maximum atomic E-state index is 9.13. The van der Waals surface area contributed by atoms with E-state index in [-0.39, 0.29) is 5.88 Å². The van der Waals surface area contributed by atoms with Crippen molar-refractivity contribution in [1.82, 2.24) is 9.55 Å². The Morgan fingerprint density at radius 2 is 2.00 bits per heavy atom. The molecule has 0 aliphatic carbocycles. The number of aromatic hydroxyl groups is 1. The molecule has 1 N–H and O–H groups in total. The zero-order chi connectivity index (χ0) is 7.02. The highest BCUT2D eigenvalue weighted by molar-refractivity contribution is 5.19. The molecule has 0 saturated heterocycles. The second-order valence-electron chi connectivity index (χ2n) is 2.13. The summed E-state index contributed by atoms with van der Waals surface area (Å²) in [5, 5.41) is 9.13. The highest BCUT2D eigenvalue weighted by Crippen LogP contribution is 2.14. The van der Waals surface area contributed by atoms with E-state index in [9.17, 15) is 0 Å². The number of hydrogen-bond donors (Lipinski definition) is 1. The third kappa shape index (κ3) is 0.781. The molecule has 1 heterocycles. The van der Waals surface area contributed by atoms with Crippen LogP contribution in [-0.4, -0.2) is 14.7 Å². The fourth-order valence-corrected chi connectivity index (χ4v) is 0.764. The summed E-state index contributed by atoms with van der Waals surface area (Å²) in [4.78, 5) is 4.02. The van der Waals surface area contributed by atoms with Gasteiger partial charge in [0.1, 0.15) is 5.82 Å². The highest BCUT2D eigenvalue weighted by atomic mass is 16.3. The van der Waals surface area contributed by atoms with Crippen molar-refractivity contribution in [1.29, 1.82) is 0 Å². The Labute approximate surface area is 54.0 Å². The van der Waals surface area contributed by atoms with Crippen molar-refractivity contribution in [2.75, 3.05) is 0 Å². The first-order valence-electron chi connectivity index (χ1n) is 2.82. The molecule has 0 fully saturated rings. The predicted octanol–water partition coefficient (Wildman–Crippen LogP) is 0.743. The average molecular weight is 126 g/mol. The monoisotopic (exact) mass is 126 g/mol. The maximum absolute atomic E-state index is 9.13. The number of aromatic nitrogens is 2. The first-order valence-corrected chi connectivity index (χ1v) is 2.82. The van der Waals surface area contributed by atoms with Gasteiger partial charge in [-0.1, -0.05) is 0 Å². The third-order valence-electron chi connectivity index (χ3n) is 1.46. The molecule has 50 valence electrons. The third-order valence-corrected chi connectivity index (χ3v) is 1.46. The molecule has 0 aliphatic heterocycles. The van der Waals surface area contributed by atoms with Gasteiger partial charge in [-0.2, -0.15) is 0 Å². The molecule has 0 radical (unpaired) electrons. The van der Waals surface area contributed by atoms with Crippen LogP contribution >= 0.6 is 0 Å². The van der Waals surface area contributed by atoms with Gasteiger partial charge < -0.3 is 9.67 Å². The van der Waals surface area contributed by atoms with Gasteiger partial charge in [-0.15, -0.1) is 0 Å². The van der Waals surface area contributed by atoms with E-state index < -0.39 is 0 Å². The first-order chi connectivity index (χ1) is 4.13. The van der Waals surface area contributed by atoms with Crippen molar-refractivity contribution < 1.29 is 5.11 Å². The van der Waals surface area contributed by atoms with Crippen LogP contribution in [0.4, 0.5) is 0 Å². The fourth-order valence-electron chi connectivity index (χ4n) is 0.764. The lowest BCUT2D eigenvalue weighted by atomic mass is 10.5. The van der Waals surface area contributed by atoms with Crippen LogP contribution in [0.25, 0.3) is 0 Å². The molecule has 1 aromatic rings. The molecule has 0 unspecified atom stereocenters. The van der Waals surface area contributed by atoms with Crippen LogP contribution in [0, 0.1) is 13.8 Å². The SMILES string of the molecule is Cc1nc(C)n(C)c1O. The molecular formula is C6H10N2O. The fraction of sp³-hybridized carbons (Fsp3) is 0.500. The van der Waals surface area contributed by atoms with E-state index in [4.69, 9.17) is 5.11 Å². The molecule has 0 aromatic carbocycles. The Morgan fingerprint density at radius 3 is 2.11 bits per heavy atom. The summed E-state index contributed by atoms with van der Waals surface area (Å²) in [6.07, 6.45) is 0. The molecular weight excluding hydrogens is 116 g/mol. The van der Waals surface area contributed by atoms with Crippen molar-refractivity contribution in [2.24, 2.45) is 7.05 Å². The molecule has 9 heavy (non-hydrogen) atoms. The minimum Gasteiger partial charge on any atom is -0.493 e. The van der Waals surface area contributed by atoms with E-state index in [0.717, 1.165) is 5.82 Å². The Morgan fingerprint density at radius 1 is 1.44 bits per heavy atom. The lowest BCUT2D eigenvalue weighted by Gasteiger charge is -1.93. The van der Waals surface area contributed by atoms with Crippen molar-refractivity contribution >= 4 is 0 Å². The minimum absolute atomic E-state index is 0.257. The quantitative estimate of drug-likeness (QED) is 0.556. The molecule has 0 amide bonds. The van der Waals surface area contributed by atoms with Crippen LogP contribution < -0.4 is 0 Å². The van der Waals surface area contributed by atoms with Gasteiger partial charge in [0.15, 0.2) is 0 Å². The molecule has 1 aromatic heterocycles. The maximum Gasteiger partial charge on any atom is 0.214 e. The van der Waals surface area contributed by atoms with E-state index >= 15 is 0 Å². The van der Waals surface area contributed by atoms with Crippen LogP contribution in [0.3, 0.4) is 0 Å². The number of rotatable bonds is 0. The predicted molar refractivity (Wildman–Crippen MR) is 34.3 cm³/mol. The summed E-state index contributed by atoms with van der Waals surface area (Å²) in [6.45, 7) is 3.63. The summed E-state index contributed by atoms with van der Waals surface area (Å²) in [6, 6.07) is 0. The number of aryl methyl sites for hydroxylation is 2. The number of imidazole rings is 1. The summed E-state index contributed by atoms with van der Waals surface area (Å²) in [5.41, 5.74) is 0.690. The normalized spacial score (nSPS) is 10.1. The summed E-state index contributed by atoms with van der Waals surface area (Å²) in [5.74, 6) is 1.09. The van der Waals surface area contributed by atoms with Crippen molar-refractivity contribution in [3.63, 3.8) is 0 Å². The van der Waals surface area contributed by atoms with Crippen LogP contribution in [-0.2, 0) is 7.05 Å². The Bertz CT molecular complexity index is 205. The highest BCUT2D eigenvalue weighted by Gasteiger charge is 2.03. The smallest absolute Gasteiger partial charge is 0.214 e. The average Bonchev–Trinajstić information content (AvgIpc) is 1.98. The molecule has 1 rings (SSSR count). The van der Waals surface area contributed by atoms with E-state index in [2.05, 4.69) is 4.98 Å². The Hall–Kier alpha value is -0.990. The lowest BCUT2D eigenvalue weighted by molar-refractivity contribution is 0.426. The van der Waals surface area contributed by atoms with Crippen LogP contribution in [0.1, 0.15) is 11.5 Å². The zero-order valence-electron chi connectivity index (χ0n) is 5.84. The van der Waals surface area contributed by atoms with Gasteiger partial charge in [-0.25, -0.2) is 4.98 Å². The molecule has 0 aliphatic rings. The van der Waals surface area contributed by atoms with E-state index in [0.29, 0.717) is 5.69 Å². The largest absolute Gasteiger partial charge is 0.493 e. The van der Waals surface area contributed by atoms with E-state index in [1.807, 2.05) is 6.92 Å². The van der Waals surface area contributed by atoms with Gasteiger partial charge in [0.2, 0.25) is 5.88 Å². The van der Waals surface area contributed by atoms with Crippen molar-refractivity contribution in [3.8, 4) is 5.88 Å². The topological polar surface area (TPSA) is 38.0 Å². The van der Waals surface area contributed by atoms with Gasteiger partial charge in [-0.3, -0.25) is 0 Å². The molecule has 0 bridgehead atoms. The lowest BCUT2D eigenvalue weighted by Crippen LogP contribution is -1.88. The second kappa shape index (κ2) is 1.76. The van der Waals surface area contributed by atoms with Gasteiger partial charge >= 0.3 is 0 Å². The van der Waals surface area contributed by atoms with Crippen molar-refractivity contribution in [2.45, 2.75) is 13.8 Å². The van der Waals surface area contributed by atoms with Crippen LogP contribution in [0.2, 0.25) is 0 Å². The van der Waals surface area contributed by atoms with E-state index in [1.54, 1.807) is 18.5 Å². The Kier molecular flexibility index (Phi) is 1.20. The molecule has 0 saturated carbocycles. The second-order valence-corrected chi connectivity index (χ2v) is 2.13. The van der Waals surface area contributed by atoms with Crippen LogP contribution in [0.5, 0.6) is 5.88 Å². The summed E-state index contributed by atoms with van der Waals surface area (Å²) < 4.78 is 1.65. The molecule has 3 heteroatoms. The Balaban J connectivity index is 3.29. The minimum atomic E-state index is 0.257. The van der Waals surface area contributed by atoms with Gasteiger partial charge in [-0.05, 0) is 13.8 Å². The molecule has 3 nitrogen and oxygen atoms in total. The van der Waals surface area contributed by atoms with Crippen LogP contribution in [0.15, 0.2) is 0 Å². The number of hydrogen-bond acceptors (Lipinski definition) is 2. The zero-order valence-corrected chi connectivity index (χ0v) is 5.84. The van der Waals surface area contributed by atoms with Crippen molar-refractivity contribution in [3.05, 3.63) is 11.5 Å². The first kappa shape index (κ1) is 6.13. The standard InChI is InChI=1S/C6H10N2O/c1-4-6(9)8(3)5(2)7-4/h9H,1-3H3. The summed E-state index contributed by atoms with van der Waals surface area (Å²) in [7, 11) is 1.78. The summed E-state index contributed by atoms with van der Waals surface area (Å²) >= 11 is 0. The number of nitrogens with zero attached hydrogens (tertiary/aromatic N) is 2. The van der Waals surface area contributed by atoms with Gasteiger partial charge in [0.05, 0.1) is 5.69 Å².